The van der Waals surface area contributed by atoms with Crippen LogP contribution in [0.4, 0.5) is 0 Å². The predicted molar refractivity (Wildman–Crippen MR) is 54.3 cm³/mol. The second-order valence-corrected chi connectivity index (χ2v) is 3.48. The molecule has 0 amide bonds. The molecule has 0 aromatic heterocycles. The Labute approximate surface area is 84.0 Å². The van der Waals surface area contributed by atoms with E-state index >= 15 is 0 Å². The molecule has 0 radical (unpaired) electrons. The summed E-state index contributed by atoms with van der Waals surface area (Å²) in [6, 6.07) is 7.19. The average Bonchev–Trinajstić information content (AvgIpc) is 2.18. The lowest BCUT2D eigenvalue weighted by molar-refractivity contribution is 0.0299. The molecule has 78 valence electrons. The summed E-state index contributed by atoms with van der Waals surface area (Å²) in [7, 11) is 1.60. The minimum atomic E-state index is -0.971. The van der Waals surface area contributed by atoms with Gasteiger partial charge in [0.15, 0.2) is 0 Å². The third kappa shape index (κ3) is 2.47. The maximum Gasteiger partial charge on any atom is 0.118 e. The van der Waals surface area contributed by atoms with E-state index in [1.54, 1.807) is 38.3 Å². The fraction of sp³-hybridized carbons (Fsp3) is 0.455. The Balaban J connectivity index is 2.85. The molecule has 0 heterocycles. The van der Waals surface area contributed by atoms with Crippen LogP contribution in [0.2, 0.25) is 0 Å². The largest absolute Gasteiger partial charge is 0.497 e. The number of benzene rings is 1. The molecule has 0 aliphatic rings. The smallest absolute Gasteiger partial charge is 0.118 e. The van der Waals surface area contributed by atoms with Crippen LogP contribution in [-0.2, 0) is 5.60 Å². The molecule has 0 aliphatic heterocycles. The highest BCUT2D eigenvalue weighted by Crippen LogP contribution is 2.25. The summed E-state index contributed by atoms with van der Waals surface area (Å²) in [6.45, 7) is 1.66. The fourth-order valence-electron chi connectivity index (χ4n) is 1.31. The lowest BCUT2D eigenvalue weighted by Crippen LogP contribution is -2.22. The first kappa shape index (κ1) is 11.0. The molecule has 1 rings (SSSR count). The molecule has 0 spiro atoms. The van der Waals surface area contributed by atoms with Gasteiger partial charge in [-0.05, 0) is 24.6 Å². The Bertz CT molecular complexity index is 277. The minimum Gasteiger partial charge on any atom is -0.497 e. The van der Waals surface area contributed by atoms with Crippen molar-refractivity contribution in [2.75, 3.05) is 13.7 Å². The molecular weight excluding hydrogens is 180 g/mol. The van der Waals surface area contributed by atoms with Crippen LogP contribution < -0.4 is 4.74 Å². The van der Waals surface area contributed by atoms with Crippen LogP contribution in [0, 0.1) is 0 Å². The van der Waals surface area contributed by atoms with Gasteiger partial charge in [-0.3, -0.25) is 0 Å². The van der Waals surface area contributed by atoms with E-state index in [-0.39, 0.29) is 6.61 Å². The minimum absolute atomic E-state index is 0.0287. The molecule has 0 saturated heterocycles. The standard InChI is InChI=1S/C11H16O3/c1-11(13,7-8-12)9-3-5-10(14-2)6-4-9/h3-6,12-13H,7-8H2,1-2H3. The van der Waals surface area contributed by atoms with Crippen LogP contribution in [0.3, 0.4) is 0 Å². The van der Waals surface area contributed by atoms with Gasteiger partial charge in [-0.1, -0.05) is 12.1 Å². The van der Waals surface area contributed by atoms with Crippen molar-refractivity contribution in [3.63, 3.8) is 0 Å². The molecule has 1 aromatic carbocycles. The van der Waals surface area contributed by atoms with E-state index < -0.39 is 5.60 Å². The topological polar surface area (TPSA) is 49.7 Å². The number of hydrogen-bond acceptors (Lipinski definition) is 3. The van der Waals surface area contributed by atoms with Crippen molar-refractivity contribution in [3.8, 4) is 5.75 Å². The van der Waals surface area contributed by atoms with Crippen LogP contribution >= 0.6 is 0 Å². The summed E-state index contributed by atoms with van der Waals surface area (Å²) in [6.07, 6.45) is 0.333. The molecule has 14 heavy (non-hydrogen) atoms. The van der Waals surface area contributed by atoms with Gasteiger partial charge in [0.05, 0.1) is 12.7 Å². The number of aliphatic hydroxyl groups excluding tert-OH is 1. The van der Waals surface area contributed by atoms with Gasteiger partial charge < -0.3 is 14.9 Å². The molecule has 1 unspecified atom stereocenters. The monoisotopic (exact) mass is 196 g/mol. The molecule has 3 heteroatoms. The van der Waals surface area contributed by atoms with Gasteiger partial charge in [0.1, 0.15) is 5.75 Å². The van der Waals surface area contributed by atoms with Gasteiger partial charge in [-0.25, -0.2) is 0 Å². The first-order valence-electron chi connectivity index (χ1n) is 4.58. The average molecular weight is 196 g/mol. The third-order valence-corrected chi connectivity index (χ3v) is 2.31. The number of rotatable bonds is 4. The zero-order valence-corrected chi connectivity index (χ0v) is 8.53. The van der Waals surface area contributed by atoms with Crippen molar-refractivity contribution in [1.82, 2.24) is 0 Å². The lowest BCUT2D eigenvalue weighted by atomic mass is 9.93. The Hall–Kier alpha value is -1.06. The van der Waals surface area contributed by atoms with Crippen LogP contribution in [0.1, 0.15) is 18.9 Å². The van der Waals surface area contributed by atoms with E-state index in [1.807, 2.05) is 0 Å². The Kier molecular flexibility index (Phi) is 3.49. The van der Waals surface area contributed by atoms with E-state index in [9.17, 15) is 5.11 Å². The Morgan fingerprint density at radius 3 is 2.29 bits per heavy atom. The number of ether oxygens (including phenoxy) is 1. The predicted octanol–water partition coefficient (Wildman–Crippen LogP) is 1.29. The molecule has 0 fully saturated rings. The van der Waals surface area contributed by atoms with Crippen molar-refractivity contribution in [1.29, 1.82) is 0 Å². The molecule has 2 N–H and O–H groups in total. The molecule has 3 nitrogen and oxygen atoms in total. The molecule has 0 aliphatic carbocycles. The first-order chi connectivity index (χ1) is 6.60. The maximum atomic E-state index is 9.95. The van der Waals surface area contributed by atoms with Crippen molar-refractivity contribution >= 4 is 0 Å². The van der Waals surface area contributed by atoms with E-state index in [0.29, 0.717) is 6.42 Å². The third-order valence-electron chi connectivity index (χ3n) is 2.31. The quantitative estimate of drug-likeness (QED) is 0.762. The van der Waals surface area contributed by atoms with E-state index in [1.165, 1.54) is 0 Å². The normalized spacial score (nSPS) is 14.9. The zero-order chi connectivity index (χ0) is 10.6. The Morgan fingerprint density at radius 1 is 1.29 bits per heavy atom. The van der Waals surface area contributed by atoms with E-state index in [2.05, 4.69) is 0 Å². The van der Waals surface area contributed by atoms with Crippen LogP contribution in [-0.4, -0.2) is 23.9 Å². The molecular formula is C11H16O3. The number of aliphatic hydroxyl groups is 2. The summed E-state index contributed by atoms with van der Waals surface area (Å²) in [4.78, 5) is 0. The fourth-order valence-corrected chi connectivity index (χ4v) is 1.31. The van der Waals surface area contributed by atoms with Gasteiger partial charge in [-0.2, -0.15) is 0 Å². The summed E-state index contributed by atoms with van der Waals surface area (Å²) in [5.74, 6) is 0.758. The highest BCUT2D eigenvalue weighted by Gasteiger charge is 2.21. The van der Waals surface area contributed by atoms with E-state index in [0.717, 1.165) is 11.3 Å². The van der Waals surface area contributed by atoms with Crippen molar-refractivity contribution < 1.29 is 14.9 Å². The van der Waals surface area contributed by atoms with Crippen molar-refractivity contribution in [2.24, 2.45) is 0 Å². The SMILES string of the molecule is COc1ccc(C(C)(O)CCO)cc1. The van der Waals surface area contributed by atoms with Gasteiger partial charge in [0, 0.05) is 13.0 Å². The first-order valence-corrected chi connectivity index (χ1v) is 4.58. The summed E-state index contributed by atoms with van der Waals surface area (Å²) < 4.78 is 5.01. The highest BCUT2D eigenvalue weighted by molar-refractivity contribution is 5.30. The van der Waals surface area contributed by atoms with Crippen molar-refractivity contribution in [3.05, 3.63) is 29.8 Å². The van der Waals surface area contributed by atoms with Gasteiger partial charge in [-0.15, -0.1) is 0 Å². The maximum absolute atomic E-state index is 9.95. The van der Waals surface area contributed by atoms with Gasteiger partial charge >= 0.3 is 0 Å². The summed E-state index contributed by atoms with van der Waals surface area (Å²) in [5.41, 5.74) is -0.187. The second-order valence-electron chi connectivity index (χ2n) is 3.48. The lowest BCUT2D eigenvalue weighted by Gasteiger charge is -2.22. The van der Waals surface area contributed by atoms with Crippen LogP contribution in [0.15, 0.2) is 24.3 Å². The molecule has 0 saturated carbocycles. The van der Waals surface area contributed by atoms with Crippen molar-refractivity contribution in [2.45, 2.75) is 18.9 Å². The summed E-state index contributed by atoms with van der Waals surface area (Å²) >= 11 is 0. The highest BCUT2D eigenvalue weighted by atomic mass is 16.5. The van der Waals surface area contributed by atoms with Gasteiger partial charge in [0.25, 0.3) is 0 Å². The van der Waals surface area contributed by atoms with E-state index in [4.69, 9.17) is 9.84 Å². The second kappa shape index (κ2) is 4.44. The summed E-state index contributed by atoms with van der Waals surface area (Å²) in [5, 5.41) is 18.7. The Morgan fingerprint density at radius 2 is 1.86 bits per heavy atom. The number of methoxy groups -OCH3 is 1. The molecule has 1 aromatic rings. The zero-order valence-electron chi connectivity index (χ0n) is 8.53. The number of hydrogen-bond donors (Lipinski definition) is 2. The van der Waals surface area contributed by atoms with Crippen LogP contribution in [0.5, 0.6) is 5.75 Å². The molecule has 0 bridgehead atoms. The van der Waals surface area contributed by atoms with Crippen LogP contribution in [0.25, 0.3) is 0 Å². The van der Waals surface area contributed by atoms with Gasteiger partial charge in [0.2, 0.25) is 0 Å². The molecule has 1 atom stereocenters.